The van der Waals surface area contributed by atoms with Crippen LogP contribution in [-0.4, -0.2) is 57.2 Å². The Balaban J connectivity index is 1.89. The van der Waals surface area contributed by atoms with Crippen molar-refractivity contribution < 1.29 is 9.59 Å². The number of fused-ring (bicyclic) bond motifs is 1. The molecule has 8 nitrogen and oxygen atoms in total. The molecule has 0 radical (unpaired) electrons. The van der Waals surface area contributed by atoms with Gasteiger partial charge in [0, 0.05) is 45.3 Å². The first-order valence-corrected chi connectivity index (χ1v) is 9.69. The molecule has 0 spiro atoms. The van der Waals surface area contributed by atoms with Crippen molar-refractivity contribution in [2.45, 2.75) is 52.6 Å². The van der Waals surface area contributed by atoms with Crippen LogP contribution in [0.1, 0.15) is 50.4 Å². The van der Waals surface area contributed by atoms with E-state index in [0.29, 0.717) is 18.7 Å². The largest absolute Gasteiger partial charge is 0.381 e. The summed E-state index contributed by atoms with van der Waals surface area (Å²) >= 11 is 0. The standard InChI is InChI=1S/C19H28N6O2/c1-4-8-20-19(27)16-11-21-18-15(12-22-25(18)5-2)17(16)23-14-6-9-24(10-7-14)13(3)26/h11-12,14H,4-10H2,1-3H3,(H,20,27)(H,21,23). The predicted molar refractivity (Wildman–Crippen MR) is 105 cm³/mol. The molecule has 3 rings (SSSR count). The van der Waals surface area contributed by atoms with Gasteiger partial charge in [-0.1, -0.05) is 6.92 Å². The van der Waals surface area contributed by atoms with Crippen molar-refractivity contribution in [1.82, 2.24) is 25.0 Å². The second-order valence-corrected chi connectivity index (χ2v) is 6.93. The molecule has 2 aromatic heterocycles. The molecule has 0 bridgehead atoms. The third-order valence-electron chi connectivity index (χ3n) is 5.03. The van der Waals surface area contributed by atoms with Gasteiger partial charge in [-0.2, -0.15) is 5.10 Å². The Morgan fingerprint density at radius 3 is 2.59 bits per heavy atom. The van der Waals surface area contributed by atoms with E-state index >= 15 is 0 Å². The fraction of sp³-hybridized carbons (Fsp3) is 0.579. The Kier molecular flexibility index (Phi) is 5.93. The lowest BCUT2D eigenvalue weighted by Crippen LogP contribution is -2.41. The topological polar surface area (TPSA) is 92.2 Å². The maximum Gasteiger partial charge on any atom is 0.254 e. The number of aryl methyl sites for hydroxylation is 1. The van der Waals surface area contributed by atoms with E-state index in [1.807, 2.05) is 23.4 Å². The maximum absolute atomic E-state index is 12.7. The number of carbonyl (C=O) groups is 2. The summed E-state index contributed by atoms with van der Waals surface area (Å²) in [6.45, 7) is 8.44. The molecular weight excluding hydrogens is 344 g/mol. The lowest BCUT2D eigenvalue weighted by Gasteiger charge is -2.32. The van der Waals surface area contributed by atoms with Crippen LogP contribution in [0.3, 0.4) is 0 Å². The molecule has 3 heterocycles. The number of nitrogens with zero attached hydrogens (tertiary/aromatic N) is 4. The fourth-order valence-corrected chi connectivity index (χ4v) is 3.46. The number of carbonyl (C=O) groups excluding carboxylic acids is 2. The molecule has 146 valence electrons. The number of likely N-dealkylation sites (tertiary alicyclic amines) is 1. The molecular formula is C19H28N6O2. The van der Waals surface area contributed by atoms with Gasteiger partial charge in [-0.25, -0.2) is 9.67 Å². The highest BCUT2D eigenvalue weighted by molar-refractivity contribution is 6.06. The molecule has 1 aliphatic heterocycles. The molecule has 0 saturated carbocycles. The zero-order valence-corrected chi connectivity index (χ0v) is 16.3. The average Bonchev–Trinajstić information content (AvgIpc) is 3.10. The highest BCUT2D eigenvalue weighted by Crippen LogP contribution is 2.28. The van der Waals surface area contributed by atoms with Crippen LogP contribution in [0, 0.1) is 0 Å². The number of piperidine rings is 1. The Hall–Kier alpha value is -2.64. The van der Waals surface area contributed by atoms with Gasteiger partial charge in [-0.3, -0.25) is 9.59 Å². The number of anilines is 1. The normalized spacial score (nSPS) is 15.1. The molecule has 0 unspecified atom stereocenters. The molecule has 1 saturated heterocycles. The van der Waals surface area contributed by atoms with Crippen LogP contribution >= 0.6 is 0 Å². The molecule has 1 aliphatic rings. The van der Waals surface area contributed by atoms with E-state index in [4.69, 9.17) is 0 Å². The smallest absolute Gasteiger partial charge is 0.254 e. The first-order valence-electron chi connectivity index (χ1n) is 9.69. The van der Waals surface area contributed by atoms with Crippen molar-refractivity contribution in [2.75, 3.05) is 25.0 Å². The molecule has 27 heavy (non-hydrogen) atoms. The van der Waals surface area contributed by atoms with Crippen LogP contribution in [-0.2, 0) is 11.3 Å². The van der Waals surface area contributed by atoms with Crippen LogP contribution in [0.5, 0.6) is 0 Å². The third-order valence-corrected chi connectivity index (χ3v) is 5.03. The number of nitrogens with one attached hydrogen (secondary N) is 2. The molecule has 0 atom stereocenters. The number of hydrogen-bond donors (Lipinski definition) is 2. The lowest BCUT2D eigenvalue weighted by molar-refractivity contribution is -0.129. The second-order valence-electron chi connectivity index (χ2n) is 6.93. The molecule has 2 N–H and O–H groups in total. The van der Waals surface area contributed by atoms with Crippen molar-refractivity contribution in [3.05, 3.63) is 18.0 Å². The quantitative estimate of drug-likeness (QED) is 0.809. The summed E-state index contributed by atoms with van der Waals surface area (Å²) < 4.78 is 1.83. The van der Waals surface area contributed by atoms with E-state index in [2.05, 4.69) is 20.7 Å². The first-order chi connectivity index (χ1) is 13.0. The summed E-state index contributed by atoms with van der Waals surface area (Å²) in [6.07, 6.45) is 5.98. The van der Waals surface area contributed by atoms with Gasteiger partial charge in [-0.15, -0.1) is 0 Å². The SMILES string of the molecule is CCCNC(=O)c1cnc2c(cnn2CC)c1NC1CCN(C(C)=O)CC1. The Morgan fingerprint density at radius 1 is 1.22 bits per heavy atom. The van der Waals surface area contributed by atoms with Crippen LogP contribution in [0.25, 0.3) is 11.0 Å². The van der Waals surface area contributed by atoms with Crippen LogP contribution < -0.4 is 10.6 Å². The number of rotatable bonds is 6. The van der Waals surface area contributed by atoms with Crippen molar-refractivity contribution in [2.24, 2.45) is 0 Å². The number of amides is 2. The molecule has 0 aromatic carbocycles. The van der Waals surface area contributed by atoms with Gasteiger partial charge in [0.05, 0.1) is 22.8 Å². The van der Waals surface area contributed by atoms with Crippen LogP contribution in [0.15, 0.2) is 12.4 Å². The monoisotopic (exact) mass is 372 g/mol. The zero-order valence-electron chi connectivity index (χ0n) is 16.3. The van der Waals surface area contributed by atoms with Gasteiger partial charge in [-0.05, 0) is 26.2 Å². The highest BCUT2D eigenvalue weighted by Gasteiger charge is 2.24. The first kappa shape index (κ1) is 19.1. The van der Waals surface area contributed by atoms with E-state index in [9.17, 15) is 9.59 Å². The summed E-state index contributed by atoms with van der Waals surface area (Å²) in [5.41, 5.74) is 2.10. The summed E-state index contributed by atoms with van der Waals surface area (Å²) in [5.74, 6) is -0.0113. The third kappa shape index (κ3) is 4.04. The minimum atomic E-state index is -0.126. The molecule has 8 heteroatoms. The van der Waals surface area contributed by atoms with Gasteiger partial charge in [0.25, 0.3) is 5.91 Å². The van der Waals surface area contributed by atoms with Gasteiger partial charge in [0.2, 0.25) is 5.91 Å². The van der Waals surface area contributed by atoms with Gasteiger partial charge >= 0.3 is 0 Å². The number of hydrogen-bond acceptors (Lipinski definition) is 5. The molecule has 1 fully saturated rings. The summed E-state index contributed by atoms with van der Waals surface area (Å²) in [6, 6.07) is 0.203. The van der Waals surface area contributed by atoms with Crippen LogP contribution in [0.2, 0.25) is 0 Å². The van der Waals surface area contributed by atoms with Crippen molar-refractivity contribution in [1.29, 1.82) is 0 Å². The maximum atomic E-state index is 12.7. The summed E-state index contributed by atoms with van der Waals surface area (Å²) in [4.78, 5) is 30.6. The highest BCUT2D eigenvalue weighted by atomic mass is 16.2. The molecule has 2 aromatic rings. The average molecular weight is 372 g/mol. The van der Waals surface area contributed by atoms with Crippen LogP contribution in [0.4, 0.5) is 5.69 Å². The van der Waals surface area contributed by atoms with Gasteiger partial charge in [0.15, 0.2) is 5.65 Å². The second kappa shape index (κ2) is 8.37. The molecule has 2 amide bonds. The van der Waals surface area contributed by atoms with Gasteiger partial charge in [0.1, 0.15) is 0 Å². The van der Waals surface area contributed by atoms with E-state index in [1.165, 1.54) is 0 Å². The van der Waals surface area contributed by atoms with Crippen molar-refractivity contribution in [3.63, 3.8) is 0 Å². The summed E-state index contributed by atoms with van der Waals surface area (Å²) in [5, 5.41) is 11.7. The van der Waals surface area contributed by atoms with E-state index < -0.39 is 0 Å². The van der Waals surface area contributed by atoms with E-state index in [1.54, 1.807) is 19.3 Å². The predicted octanol–water partition coefficient (Wildman–Crippen LogP) is 2.01. The zero-order chi connectivity index (χ0) is 19.4. The molecule has 0 aliphatic carbocycles. The Labute approximate surface area is 159 Å². The number of aromatic nitrogens is 3. The number of pyridine rings is 1. The van der Waals surface area contributed by atoms with Gasteiger partial charge < -0.3 is 15.5 Å². The Morgan fingerprint density at radius 2 is 1.96 bits per heavy atom. The van der Waals surface area contributed by atoms with E-state index in [0.717, 1.165) is 49.1 Å². The van der Waals surface area contributed by atoms with Crippen molar-refractivity contribution >= 4 is 28.5 Å². The van der Waals surface area contributed by atoms with Crippen molar-refractivity contribution in [3.8, 4) is 0 Å². The minimum Gasteiger partial charge on any atom is -0.381 e. The lowest BCUT2D eigenvalue weighted by atomic mass is 10.0. The summed E-state index contributed by atoms with van der Waals surface area (Å²) in [7, 11) is 0. The minimum absolute atomic E-state index is 0.114. The Bertz CT molecular complexity index is 823. The fourth-order valence-electron chi connectivity index (χ4n) is 3.46. The van der Waals surface area contributed by atoms with E-state index in [-0.39, 0.29) is 17.9 Å².